The molecule has 1 N–H and O–H groups in total. The van der Waals surface area contributed by atoms with Crippen LogP contribution in [0.4, 0.5) is 0 Å². The van der Waals surface area contributed by atoms with E-state index < -0.39 is 0 Å². The van der Waals surface area contributed by atoms with Gasteiger partial charge in [0.1, 0.15) is 0 Å². The fourth-order valence-corrected chi connectivity index (χ4v) is 4.24. The van der Waals surface area contributed by atoms with Crippen LogP contribution in [0, 0.1) is 18.3 Å². The lowest BCUT2D eigenvalue weighted by Gasteiger charge is -2.35. The molecule has 27 heavy (non-hydrogen) atoms. The van der Waals surface area contributed by atoms with Crippen molar-refractivity contribution in [1.82, 2.24) is 5.32 Å². The maximum atomic E-state index is 13.2. The zero-order chi connectivity index (χ0) is 19.0. The zero-order valence-corrected chi connectivity index (χ0v) is 15.6. The van der Waals surface area contributed by atoms with Gasteiger partial charge in [-0.2, -0.15) is 5.26 Å². The summed E-state index contributed by atoms with van der Waals surface area (Å²) in [4.78, 5) is 13.2. The monoisotopic (exact) mass is 354 g/mol. The van der Waals surface area contributed by atoms with Crippen LogP contribution in [0.15, 0.2) is 77.1 Å². The molecule has 0 spiro atoms. The van der Waals surface area contributed by atoms with Gasteiger partial charge in [-0.05, 0) is 37.3 Å². The van der Waals surface area contributed by atoms with Gasteiger partial charge in [0, 0.05) is 23.4 Å². The van der Waals surface area contributed by atoms with E-state index in [1.165, 1.54) is 11.1 Å². The second kappa shape index (κ2) is 6.89. The van der Waals surface area contributed by atoms with Crippen molar-refractivity contribution < 1.29 is 4.79 Å². The highest BCUT2D eigenvalue weighted by molar-refractivity contribution is 6.00. The topological polar surface area (TPSA) is 52.9 Å². The smallest absolute Gasteiger partial charge is 0.162 e. The number of allylic oxidation sites excluding steroid dienone is 4. The van der Waals surface area contributed by atoms with Gasteiger partial charge in [0.2, 0.25) is 0 Å². The Morgan fingerprint density at radius 2 is 1.67 bits per heavy atom. The van der Waals surface area contributed by atoms with E-state index in [2.05, 4.69) is 23.5 Å². The molecular formula is C24H22N2O. The van der Waals surface area contributed by atoms with Crippen LogP contribution in [0.5, 0.6) is 0 Å². The number of benzene rings is 2. The molecule has 134 valence electrons. The molecule has 0 saturated heterocycles. The number of nitrogens with one attached hydrogen (secondary N) is 1. The van der Waals surface area contributed by atoms with Crippen molar-refractivity contribution in [3.63, 3.8) is 0 Å². The minimum absolute atomic E-state index is 0.142. The number of aryl methyl sites for hydroxylation is 1. The first-order valence-corrected chi connectivity index (χ1v) is 9.34. The summed E-state index contributed by atoms with van der Waals surface area (Å²) in [7, 11) is 0. The third-order valence-corrected chi connectivity index (χ3v) is 5.63. The summed E-state index contributed by atoms with van der Waals surface area (Å²) in [5.41, 5.74) is 6.61. The van der Waals surface area contributed by atoms with Crippen molar-refractivity contribution in [2.75, 3.05) is 0 Å². The SMILES string of the molecule is CC1=C(C#N)[C@@H](c2ccc(C)cc2)C2=C(C[C@@H](c3ccccc3)CC2=O)N1. The van der Waals surface area contributed by atoms with Crippen LogP contribution in [0.3, 0.4) is 0 Å². The third kappa shape index (κ3) is 3.08. The van der Waals surface area contributed by atoms with Crippen molar-refractivity contribution in [1.29, 1.82) is 5.26 Å². The number of ketones is 1. The van der Waals surface area contributed by atoms with Gasteiger partial charge in [-0.1, -0.05) is 60.2 Å². The normalized spacial score (nSPS) is 22.2. The van der Waals surface area contributed by atoms with Crippen LogP contribution < -0.4 is 5.32 Å². The fraction of sp³-hybridized carbons (Fsp3) is 0.250. The van der Waals surface area contributed by atoms with Crippen molar-refractivity contribution in [3.8, 4) is 6.07 Å². The molecule has 3 heteroatoms. The fourth-order valence-electron chi connectivity index (χ4n) is 4.24. The number of hydrogen-bond acceptors (Lipinski definition) is 3. The number of Topliss-reactive ketones (excluding diaryl/α,β-unsaturated/α-hetero) is 1. The highest BCUT2D eigenvalue weighted by Gasteiger charge is 2.38. The summed E-state index contributed by atoms with van der Waals surface area (Å²) >= 11 is 0. The predicted molar refractivity (Wildman–Crippen MR) is 106 cm³/mol. The summed E-state index contributed by atoms with van der Waals surface area (Å²) < 4.78 is 0. The summed E-state index contributed by atoms with van der Waals surface area (Å²) in [5.74, 6) is 0.0551. The number of carbonyl (C=O) groups excluding carboxylic acids is 1. The Hall–Kier alpha value is -3.12. The maximum absolute atomic E-state index is 13.2. The molecule has 0 amide bonds. The van der Waals surface area contributed by atoms with E-state index in [0.717, 1.165) is 29.0 Å². The lowest BCUT2D eigenvalue weighted by Crippen LogP contribution is -2.33. The number of rotatable bonds is 2. The van der Waals surface area contributed by atoms with Crippen LogP contribution in [0.25, 0.3) is 0 Å². The number of hydrogen-bond donors (Lipinski definition) is 1. The minimum atomic E-state index is -0.268. The van der Waals surface area contributed by atoms with Gasteiger partial charge in [0.15, 0.2) is 5.78 Å². The zero-order valence-electron chi connectivity index (χ0n) is 15.6. The van der Waals surface area contributed by atoms with Gasteiger partial charge in [-0.3, -0.25) is 4.79 Å². The largest absolute Gasteiger partial charge is 0.361 e. The molecule has 2 aromatic rings. The standard InChI is InChI=1S/C24H22N2O/c1-15-8-10-18(11-9-15)23-20(14-25)16(2)26-21-12-19(13-22(27)24(21)23)17-6-4-3-5-7-17/h3-11,19,23,26H,12-13H2,1-2H3/t19-,23-/m1/s1. The quantitative estimate of drug-likeness (QED) is 0.836. The van der Waals surface area contributed by atoms with E-state index in [-0.39, 0.29) is 17.6 Å². The number of carbonyl (C=O) groups is 1. The molecule has 4 rings (SSSR count). The maximum Gasteiger partial charge on any atom is 0.162 e. The van der Waals surface area contributed by atoms with E-state index in [1.807, 2.05) is 56.3 Å². The van der Waals surface area contributed by atoms with Gasteiger partial charge >= 0.3 is 0 Å². The van der Waals surface area contributed by atoms with Crippen LogP contribution >= 0.6 is 0 Å². The van der Waals surface area contributed by atoms with Gasteiger partial charge in [-0.25, -0.2) is 0 Å². The van der Waals surface area contributed by atoms with Crippen molar-refractivity contribution in [2.24, 2.45) is 0 Å². The molecule has 3 nitrogen and oxygen atoms in total. The van der Waals surface area contributed by atoms with Gasteiger partial charge < -0.3 is 5.32 Å². The van der Waals surface area contributed by atoms with E-state index in [4.69, 9.17) is 0 Å². The van der Waals surface area contributed by atoms with Crippen LogP contribution in [-0.2, 0) is 4.79 Å². The molecule has 1 heterocycles. The molecule has 1 aliphatic carbocycles. The first-order valence-electron chi connectivity index (χ1n) is 9.34. The Balaban J connectivity index is 1.79. The summed E-state index contributed by atoms with van der Waals surface area (Å²) in [6, 6.07) is 20.7. The molecule has 2 aliphatic rings. The first kappa shape index (κ1) is 17.3. The average Bonchev–Trinajstić information content (AvgIpc) is 2.68. The van der Waals surface area contributed by atoms with Crippen molar-refractivity contribution in [2.45, 2.75) is 38.5 Å². The first-order chi connectivity index (χ1) is 13.1. The molecule has 1 aliphatic heterocycles. The second-order valence-corrected chi connectivity index (χ2v) is 7.45. The Labute approximate surface area is 160 Å². The Morgan fingerprint density at radius 1 is 0.963 bits per heavy atom. The molecule has 2 atom stereocenters. The van der Waals surface area contributed by atoms with Gasteiger partial charge in [0.05, 0.1) is 17.6 Å². The Kier molecular flexibility index (Phi) is 4.41. The third-order valence-electron chi connectivity index (χ3n) is 5.63. The molecule has 0 bridgehead atoms. The van der Waals surface area contributed by atoms with Gasteiger partial charge in [-0.15, -0.1) is 0 Å². The Morgan fingerprint density at radius 3 is 2.33 bits per heavy atom. The highest BCUT2D eigenvalue weighted by Crippen LogP contribution is 2.45. The van der Waals surface area contributed by atoms with Crippen LogP contribution in [0.1, 0.15) is 48.3 Å². The molecule has 0 unspecified atom stereocenters. The van der Waals surface area contributed by atoms with E-state index >= 15 is 0 Å². The Bertz CT molecular complexity index is 991. The summed E-state index contributed by atoms with van der Waals surface area (Å²) in [6.07, 6.45) is 1.29. The highest BCUT2D eigenvalue weighted by atomic mass is 16.1. The molecule has 0 radical (unpaired) electrons. The van der Waals surface area contributed by atoms with Gasteiger partial charge in [0.25, 0.3) is 0 Å². The second-order valence-electron chi connectivity index (χ2n) is 7.45. The molecule has 0 aromatic heterocycles. The van der Waals surface area contributed by atoms with Crippen molar-refractivity contribution in [3.05, 3.63) is 93.8 Å². The summed E-state index contributed by atoms with van der Waals surface area (Å²) in [6.45, 7) is 3.97. The molecule has 0 fully saturated rings. The van der Waals surface area contributed by atoms with E-state index in [1.54, 1.807) is 0 Å². The number of nitrogens with zero attached hydrogens (tertiary/aromatic N) is 1. The van der Waals surface area contributed by atoms with E-state index in [0.29, 0.717) is 12.0 Å². The predicted octanol–water partition coefficient (Wildman–Crippen LogP) is 4.88. The van der Waals surface area contributed by atoms with Crippen LogP contribution in [-0.4, -0.2) is 5.78 Å². The molecule has 2 aromatic carbocycles. The molecular weight excluding hydrogens is 332 g/mol. The van der Waals surface area contributed by atoms with Crippen LogP contribution in [0.2, 0.25) is 0 Å². The van der Waals surface area contributed by atoms with Crippen molar-refractivity contribution >= 4 is 5.78 Å². The number of dihydropyridines is 1. The average molecular weight is 354 g/mol. The molecule has 0 saturated carbocycles. The summed E-state index contributed by atoms with van der Waals surface area (Å²) in [5, 5.41) is 13.1. The lowest BCUT2D eigenvalue weighted by atomic mass is 9.72. The minimum Gasteiger partial charge on any atom is -0.361 e. The number of nitriles is 1. The van der Waals surface area contributed by atoms with E-state index in [9.17, 15) is 10.1 Å². The lowest BCUT2D eigenvalue weighted by molar-refractivity contribution is -0.116.